The second kappa shape index (κ2) is 6.95. The third kappa shape index (κ3) is 3.24. The van der Waals surface area contributed by atoms with Crippen LogP contribution in [0.5, 0.6) is 0 Å². The van der Waals surface area contributed by atoms with E-state index in [0.717, 1.165) is 24.3 Å². The molecule has 2 atom stereocenters. The summed E-state index contributed by atoms with van der Waals surface area (Å²) in [6.07, 6.45) is 6.20. The Morgan fingerprint density at radius 1 is 1.14 bits per heavy atom. The molecule has 2 saturated heterocycles. The molecule has 2 fully saturated rings. The summed E-state index contributed by atoms with van der Waals surface area (Å²) in [5.41, 5.74) is 2.03. The van der Waals surface area contributed by atoms with Crippen molar-refractivity contribution >= 4 is 5.91 Å². The van der Waals surface area contributed by atoms with Crippen LogP contribution in [0.2, 0.25) is 0 Å². The van der Waals surface area contributed by atoms with Crippen LogP contribution in [0, 0.1) is 6.92 Å². The van der Waals surface area contributed by atoms with E-state index in [1.54, 1.807) is 10.9 Å². The van der Waals surface area contributed by atoms with Crippen LogP contribution >= 0.6 is 0 Å². The molecule has 2 aromatic heterocycles. The fraction of sp³-hybridized carbons (Fsp3) is 0.364. The molecule has 6 heteroatoms. The van der Waals surface area contributed by atoms with E-state index < -0.39 is 0 Å². The first-order chi connectivity index (χ1) is 13.7. The van der Waals surface area contributed by atoms with E-state index in [-0.39, 0.29) is 11.9 Å². The molecule has 28 heavy (non-hydrogen) atoms. The van der Waals surface area contributed by atoms with E-state index in [0.29, 0.717) is 29.1 Å². The van der Waals surface area contributed by atoms with Crippen LogP contribution in [0.4, 0.5) is 0 Å². The number of amides is 1. The topological polar surface area (TPSA) is 72.1 Å². The fourth-order valence-electron chi connectivity index (χ4n) is 4.44. The molecule has 2 N–H and O–H groups in total. The predicted molar refractivity (Wildman–Crippen MR) is 106 cm³/mol. The SMILES string of the molecule is Cc1ccc(-c2nn(-c3ccccc3)cc2C(=O)NC2CC3CCC(C2)N3)o1. The van der Waals surface area contributed by atoms with E-state index in [9.17, 15) is 4.79 Å². The Hall–Kier alpha value is -2.86. The number of hydrogen-bond acceptors (Lipinski definition) is 4. The molecule has 144 valence electrons. The van der Waals surface area contributed by atoms with Gasteiger partial charge in [0, 0.05) is 24.3 Å². The van der Waals surface area contributed by atoms with Crippen LogP contribution in [0.15, 0.2) is 53.1 Å². The lowest BCUT2D eigenvalue weighted by Gasteiger charge is -2.29. The molecule has 2 aliphatic rings. The Kier molecular flexibility index (Phi) is 4.28. The lowest BCUT2D eigenvalue weighted by molar-refractivity contribution is 0.0924. The third-order valence-corrected chi connectivity index (χ3v) is 5.76. The van der Waals surface area contributed by atoms with Crippen molar-refractivity contribution in [2.45, 2.75) is 50.7 Å². The maximum Gasteiger partial charge on any atom is 0.255 e. The van der Waals surface area contributed by atoms with E-state index in [1.807, 2.05) is 49.4 Å². The fourth-order valence-corrected chi connectivity index (χ4v) is 4.44. The molecule has 0 spiro atoms. The summed E-state index contributed by atoms with van der Waals surface area (Å²) in [4.78, 5) is 13.2. The van der Waals surface area contributed by atoms with Gasteiger partial charge in [0.05, 0.1) is 11.3 Å². The Labute approximate surface area is 163 Å². The summed E-state index contributed by atoms with van der Waals surface area (Å²) in [6.45, 7) is 1.89. The van der Waals surface area contributed by atoms with Crippen LogP contribution in [0.3, 0.4) is 0 Å². The first-order valence-corrected chi connectivity index (χ1v) is 9.94. The van der Waals surface area contributed by atoms with Crippen molar-refractivity contribution in [3.05, 3.63) is 60.0 Å². The van der Waals surface area contributed by atoms with Gasteiger partial charge in [-0.1, -0.05) is 18.2 Å². The van der Waals surface area contributed by atoms with Gasteiger partial charge in [-0.15, -0.1) is 0 Å². The molecule has 3 aromatic rings. The number of para-hydroxylation sites is 1. The van der Waals surface area contributed by atoms with Gasteiger partial charge >= 0.3 is 0 Å². The molecular weight excluding hydrogens is 352 g/mol. The highest BCUT2D eigenvalue weighted by atomic mass is 16.3. The van der Waals surface area contributed by atoms with Crippen molar-refractivity contribution in [3.8, 4) is 17.1 Å². The summed E-state index contributed by atoms with van der Waals surface area (Å²) in [5.74, 6) is 1.32. The molecule has 1 amide bonds. The smallest absolute Gasteiger partial charge is 0.255 e. The van der Waals surface area contributed by atoms with Gasteiger partial charge in [0.2, 0.25) is 0 Å². The Morgan fingerprint density at radius 2 is 1.89 bits per heavy atom. The minimum atomic E-state index is -0.0856. The van der Waals surface area contributed by atoms with Crippen LogP contribution in [0.1, 0.15) is 41.8 Å². The monoisotopic (exact) mass is 376 g/mol. The quantitative estimate of drug-likeness (QED) is 0.732. The average molecular weight is 376 g/mol. The zero-order valence-electron chi connectivity index (χ0n) is 15.9. The van der Waals surface area contributed by atoms with Crippen molar-refractivity contribution in [2.24, 2.45) is 0 Å². The molecule has 0 radical (unpaired) electrons. The molecule has 0 saturated carbocycles. The summed E-state index contributed by atoms with van der Waals surface area (Å²) in [5, 5.41) is 11.5. The van der Waals surface area contributed by atoms with Crippen molar-refractivity contribution in [1.82, 2.24) is 20.4 Å². The van der Waals surface area contributed by atoms with Crippen LogP contribution in [-0.2, 0) is 0 Å². The average Bonchev–Trinajstić information content (AvgIpc) is 3.41. The number of rotatable bonds is 4. The van der Waals surface area contributed by atoms with Gasteiger partial charge in [-0.05, 0) is 56.9 Å². The number of fused-ring (bicyclic) bond motifs is 2. The highest BCUT2D eigenvalue weighted by Gasteiger charge is 2.34. The van der Waals surface area contributed by atoms with E-state index >= 15 is 0 Å². The number of aromatic nitrogens is 2. The van der Waals surface area contributed by atoms with Gasteiger partial charge in [0.15, 0.2) is 5.76 Å². The number of furan rings is 1. The highest BCUT2D eigenvalue weighted by Crippen LogP contribution is 2.29. The molecule has 2 bridgehead atoms. The molecule has 1 aromatic carbocycles. The van der Waals surface area contributed by atoms with E-state index in [1.165, 1.54) is 12.8 Å². The largest absolute Gasteiger partial charge is 0.460 e. The highest BCUT2D eigenvalue weighted by molar-refractivity contribution is 5.99. The van der Waals surface area contributed by atoms with Crippen LogP contribution < -0.4 is 10.6 Å². The summed E-state index contributed by atoms with van der Waals surface area (Å²) in [6, 6.07) is 14.8. The zero-order chi connectivity index (χ0) is 19.1. The van der Waals surface area contributed by atoms with Gasteiger partial charge in [0.25, 0.3) is 5.91 Å². The minimum absolute atomic E-state index is 0.0856. The van der Waals surface area contributed by atoms with Gasteiger partial charge in [-0.25, -0.2) is 4.68 Å². The number of carbonyl (C=O) groups excluding carboxylic acids is 1. The molecule has 4 heterocycles. The van der Waals surface area contributed by atoms with Crippen LogP contribution in [0.25, 0.3) is 17.1 Å². The predicted octanol–water partition coefficient (Wildman–Crippen LogP) is 3.45. The van der Waals surface area contributed by atoms with Crippen molar-refractivity contribution in [2.75, 3.05) is 0 Å². The Morgan fingerprint density at radius 3 is 2.57 bits per heavy atom. The van der Waals surface area contributed by atoms with E-state index in [4.69, 9.17) is 4.42 Å². The maximum absolute atomic E-state index is 13.2. The molecule has 6 nitrogen and oxygen atoms in total. The summed E-state index contributed by atoms with van der Waals surface area (Å²) < 4.78 is 7.52. The molecule has 2 aliphatic heterocycles. The van der Waals surface area contributed by atoms with Gasteiger partial charge in [-0.2, -0.15) is 5.10 Å². The molecule has 5 rings (SSSR count). The zero-order valence-corrected chi connectivity index (χ0v) is 15.9. The number of carbonyl (C=O) groups is 1. The van der Waals surface area contributed by atoms with E-state index in [2.05, 4.69) is 15.7 Å². The molecule has 2 unspecified atom stereocenters. The molecular formula is C22H24N4O2. The standard InChI is InChI=1S/C22H24N4O2/c1-14-7-10-20(28-14)21-19(13-26(25-21)18-5-3-2-4-6-18)22(27)24-17-11-15-8-9-16(12-17)23-15/h2-7,10,13,15-17,23H,8-9,11-12H2,1H3,(H,24,27). The summed E-state index contributed by atoms with van der Waals surface area (Å²) in [7, 11) is 0. The lowest BCUT2D eigenvalue weighted by Crippen LogP contribution is -2.48. The third-order valence-electron chi connectivity index (χ3n) is 5.76. The van der Waals surface area contributed by atoms with Crippen molar-refractivity contribution < 1.29 is 9.21 Å². The Balaban J connectivity index is 1.46. The van der Waals surface area contributed by atoms with Gasteiger partial charge < -0.3 is 15.1 Å². The van der Waals surface area contributed by atoms with Crippen molar-refractivity contribution in [1.29, 1.82) is 0 Å². The number of hydrogen-bond donors (Lipinski definition) is 2. The number of piperidine rings is 1. The number of nitrogens with zero attached hydrogens (tertiary/aromatic N) is 2. The Bertz CT molecular complexity index is 979. The van der Waals surface area contributed by atoms with Crippen molar-refractivity contribution in [3.63, 3.8) is 0 Å². The lowest BCUT2D eigenvalue weighted by atomic mass is 9.99. The first kappa shape index (κ1) is 17.3. The molecule has 0 aliphatic carbocycles. The number of benzene rings is 1. The van der Waals surface area contributed by atoms with Crippen LogP contribution in [-0.4, -0.2) is 33.8 Å². The maximum atomic E-state index is 13.2. The normalized spacial score (nSPS) is 23.7. The van der Waals surface area contributed by atoms with Gasteiger partial charge in [-0.3, -0.25) is 4.79 Å². The number of aryl methyl sites for hydroxylation is 1. The second-order valence-corrected chi connectivity index (χ2v) is 7.86. The first-order valence-electron chi connectivity index (χ1n) is 9.94. The summed E-state index contributed by atoms with van der Waals surface area (Å²) >= 11 is 0. The second-order valence-electron chi connectivity index (χ2n) is 7.86. The number of nitrogens with one attached hydrogen (secondary N) is 2. The van der Waals surface area contributed by atoms with Gasteiger partial charge in [0.1, 0.15) is 11.5 Å². The minimum Gasteiger partial charge on any atom is -0.460 e.